The maximum atomic E-state index is 5.16. The van der Waals surface area contributed by atoms with Gasteiger partial charge in [0.2, 0.25) is 0 Å². The highest BCUT2D eigenvalue weighted by atomic mass is 15.0. The molecule has 0 N–H and O–H groups in total. The highest BCUT2D eigenvalue weighted by Crippen LogP contribution is 2.42. The predicted molar refractivity (Wildman–Crippen MR) is 261 cm³/mol. The van der Waals surface area contributed by atoms with E-state index in [1.54, 1.807) is 0 Å². The predicted octanol–water partition coefficient (Wildman–Crippen LogP) is 15.7. The van der Waals surface area contributed by atoms with Gasteiger partial charge in [0.05, 0.1) is 28.1 Å². The Morgan fingerprint density at radius 3 is 2.18 bits per heavy atom. The van der Waals surface area contributed by atoms with Crippen LogP contribution in [0.5, 0.6) is 0 Å². The summed E-state index contributed by atoms with van der Waals surface area (Å²) in [5, 5.41) is 2.53. The fraction of sp³-hybridized carbons (Fsp3) is 0.250. The van der Waals surface area contributed by atoms with Crippen molar-refractivity contribution in [1.82, 2.24) is 9.13 Å². The molecule has 60 heavy (non-hydrogen) atoms. The molecule has 0 saturated carbocycles. The Kier molecular flexibility index (Phi) is 12.1. The Balaban J connectivity index is 1.17. The molecular weight excluding hydrogens is 729 g/mol. The molecule has 0 saturated heterocycles. The first-order valence-corrected chi connectivity index (χ1v) is 22.0. The van der Waals surface area contributed by atoms with Crippen molar-refractivity contribution >= 4 is 51.6 Å². The molecule has 1 aliphatic heterocycles. The van der Waals surface area contributed by atoms with E-state index >= 15 is 0 Å². The molecule has 4 heteroatoms. The molecule has 2 aromatic heterocycles. The molecule has 4 nitrogen and oxygen atoms in total. The Labute approximate surface area is 357 Å². The summed E-state index contributed by atoms with van der Waals surface area (Å²) in [6, 6.07) is 31.5. The number of aromatic nitrogens is 2. The summed E-state index contributed by atoms with van der Waals surface area (Å²) in [5.74, 6) is 0. The topological polar surface area (TPSA) is 34.6 Å². The molecular formula is C56H58N4. The van der Waals surface area contributed by atoms with Crippen LogP contribution in [0.2, 0.25) is 0 Å². The monoisotopic (exact) mass is 786 g/mol. The van der Waals surface area contributed by atoms with E-state index < -0.39 is 0 Å². The second-order valence-corrected chi connectivity index (χ2v) is 16.1. The van der Waals surface area contributed by atoms with Crippen LogP contribution in [0.3, 0.4) is 0 Å². The second kappa shape index (κ2) is 17.9. The number of nitrogens with zero attached hydrogens (tertiary/aromatic N) is 4. The van der Waals surface area contributed by atoms with Gasteiger partial charge in [-0.25, -0.2) is 0 Å². The van der Waals surface area contributed by atoms with Crippen LogP contribution in [-0.2, 0) is 6.42 Å². The largest absolute Gasteiger partial charge is 0.310 e. The zero-order valence-electron chi connectivity index (χ0n) is 36.4. The first-order chi connectivity index (χ1) is 29.4. The van der Waals surface area contributed by atoms with Gasteiger partial charge in [0.25, 0.3) is 0 Å². The van der Waals surface area contributed by atoms with Gasteiger partial charge in [0.15, 0.2) is 0 Å². The lowest BCUT2D eigenvalue weighted by atomic mass is 9.93. The Hall–Kier alpha value is -6.26. The third-order valence-electron chi connectivity index (χ3n) is 12.5. The van der Waals surface area contributed by atoms with Gasteiger partial charge in [-0.15, -0.1) is 0 Å². The number of aliphatic imine (C=N–C) groups is 2. The summed E-state index contributed by atoms with van der Waals surface area (Å²) in [6.45, 7) is 17.3. The summed E-state index contributed by atoms with van der Waals surface area (Å²) in [4.78, 5) is 9.79. The third kappa shape index (κ3) is 7.56. The Bertz CT molecular complexity index is 2800. The highest BCUT2D eigenvalue weighted by molar-refractivity contribution is 6.16. The van der Waals surface area contributed by atoms with Crippen molar-refractivity contribution in [3.05, 3.63) is 172 Å². The van der Waals surface area contributed by atoms with Gasteiger partial charge in [0, 0.05) is 45.5 Å². The van der Waals surface area contributed by atoms with Crippen LogP contribution in [0.15, 0.2) is 154 Å². The summed E-state index contributed by atoms with van der Waals surface area (Å²) >= 11 is 0. The molecule has 1 aliphatic carbocycles. The lowest BCUT2D eigenvalue weighted by Gasteiger charge is -2.19. The standard InChI is InChI=1S/C56H58N4/c1-8-12-21-41(10-3)52-37-49-51(58-52)36-35-47-46-22-17-18-24-54(46)60(56(47)49)45-32-28-43(29-33-45)42-26-30-44(31-27-42)59-53(23-13-9-2)38(5)39(6)55(59)48(50(11-4)57-7)34-25-40-19-15-14-16-20-40/h10,12-15,17-19,21-24,26-33,35-36H,7-9,11,16,20,25,34,37H2,1-6H3/b21-12-,23-13-,41-10+,50-48+. The van der Waals surface area contributed by atoms with Crippen LogP contribution in [0, 0.1) is 13.8 Å². The average molecular weight is 787 g/mol. The highest BCUT2D eigenvalue weighted by Gasteiger charge is 2.25. The van der Waals surface area contributed by atoms with Gasteiger partial charge in [-0.05, 0) is 148 Å². The van der Waals surface area contributed by atoms with Crippen molar-refractivity contribution in [2.45, 2.75) is 92.9 Å². The lowest BCUT2D eigenvalue weighted by Crippen LogP contribution is -2.05. The maximum absolute atomic E-state index is 5.16. The van der Waals surface area contributed by atoms with E-state index in [2.05, 4.69) is 196 Å². The van der Waals surface area contributed by atoms with Crippen LogP contribution in [0.25, 0.3) is 56.0 Å². The van der Waals surface area contributed by atoms with Crippen molar-refractivity contribution in [3.63, 3.8) is 0 Å². The molecule has 0 atom stereocenters. The quantitative estimate of drug-likeness (QED) is 0.0779. The van der Waals surface area contributed by atoms with E-state index in [0.717, 1.165) is 79.8 Å². The Morgan fingerprint density at radius 2 is 1.53 bits per heavy atom. The smallest absolute Gasteiger partial charge is 0.0690 e. The fourth-order valence-electron chi connectivity index (χ4n) is 9.24. The minimum atomic E-state index is 0.816. The van der Waals surface area contributed by atoms with E-state index in [4.69, 9.17) is 4.99 Å². The molecule has 6 aromatic rings. The van der Waals surface area contributed by atoms with Gasteiger partial charge in [0.1, 0.15) is 0 Å². The summed E-state index contributed by atoms with van der Waals surface area (Å²) in [7, 11) is 0. The van der Waals surface area contributed by atoms with Crippen LogP contribution in [-0.4, -0.2) is 21.6 Å². The number of hydrogen-bond acceptors (Lipinski definition) is 2. The number of para-hydroxylation sites is 1. The number of hydrogen-bond donors (Lipinski definition) is 0. The van der Waals surface area contributed by atoms with Crippen molar-refractivity contribution in [1.29, 1.82) is 0 Å². The molecule has 0 spiro atoms. The molecule has 3 heterocycles. The summed E-state index contributed by atoms with van der Waals surface area (Å²) in [6.07, 6.45) is 25.8. The van der Waals surface area contributed by atoms with Crippen LogP contribution in [0.1, 0.15) is 101 Å². The number of rotatable bonds is 14. The summed E-state index contributed by atoms with van der Waals surface area (Å²) in [5.41, 5.74) is 20.8. The van der Waals surface area contributed by atoms with Gasteiger partial charge in [-0.2, -0.15) is 0 Å². The van der Waals surface area contributed by atoms with E-state index in [1.165, 1.54) is 77.7 Å². The molecule has 0 unspecified atom stereocenters. The lowest BCUT2D eigenvalue weighted by molar-refractivity contribution is 0.848. The zero-order chi connectivity index (χ0) is 41.8. The van der Waals surface area contributed by atoms with Crippen molar-refractivity contribution < 1.29 is 0 Å². The zero-order valence-corrected chi connectivity index (χ0v) is 36.4. The van der Waals surface area contributed by atoms with Crippen molar-refractivity contribution in [3.8, 4) is 22.5 Å². The van der Waals surface area contributed by atoms with Gasteiger partial charge in [-0.3, -0.25) is 9.98 Å². The molecule has 2 aliphatic rings. The van der Waals surface area contributed by atoms with Gasteiger partial charge < -0.3 is 9.13 Å². The first-order valence-electron chi connectivity index (χ1n) is 22.0. The minimum absolute atomic E-state index is 0.816. The SMILES string of the molecule is C=N/C(CC)=C(\CCC1=CC=CCC1)c1c(C)c(C)c(/C=C\CC)n1-c1ccc(-c2ccc(-n3c4ccccc4c4ccc5c(c43)CC(C(/C=C\CC)=C/C)=N5)cc2)cc1. The van der Waals surface area contributed by atoms with Crippen molar-refractivity contribution in [2.75, 3.05) is 0 Å². The summed E-state index contributed by atoms with van der Waals surface area (Å²) < 4.78 is 4.93. The number of benzene rings is 4. The van der Waals surface area contributed by atoms with E-state index in [-0.39, 0.29) is 0 Å². The van der Waals surface area contributed by atoms with Gasteiger partial charge in [-0.1, -0.05) is 117 Å². The van der Waals surface area contributed by atoms with E-state index in [9.17, 15) is 0 Å². The van der Waals surface area contributed by atoms with Gasteiger partial charge >= 0.3 is 0 Å². The molecule has 8 rings (SSSR count). The maximum Gasteiger partial charge on any atom is 0.0690 e. The van der Waals surface area contributed by atoms with Crippen molar-refractivity contribution in [2.24, 2.45) is 9.98 Å². The molecule has 0 amide bonds. The molecule has 0 fully saturated rings. The Morgan fingerprint density at radius 1 is 0.817 bits per heavy atom. The average Bonchev–Trinajstić information content (AvgIpc) is 3.95. The number of fused-ring (bicyclic) bond motifs is 5. The minimum Gasteiger partial charge on any atom is -0.310 e. The fourth-order valence-corrected chi connectivity index (χ4v) is 9.24. The molecule has 302 valence electrons. The van der Waals surface area contributed by atoms with Crippen LogP contribution >= 0.6 is 0 Å². The normalized spacial score (nSPS) is 14.7. The number of allylic oxidation sites excluding steroid dienone is 11. The second-order valence-electron chi connectivity index (χ2n) is 16.1. The first kappa shape index (κ1) is 40.5. The molecule has 4 aromatic carbocycles. The van der Waals surface area contributed by atoms with Crippen LogP contribution in [0.4, 0.5) is 5.69 Å². The molecule has 0 radical (unpaired) electrons. The van der Waals surface area contributed by atoms with E-state index in [0.29, 0.717) is 0 Å². The van der Waals surface area contributed by atoms with Crippen LogP contribution < -0.4 is 0 Å². The third-order valence-corrected chi connectivity index (χ3v) is 12.5. The molecule has 0 bridgehead atoms. The van der Waals surface area contributed by atoms with E-state index in [1.807, 2.05) is 0 Å².